The van der Waals surface area contributed by atoms with Crippen LogP contribution in [0.3, 0.4) is 0 Å². The number of likely N-dealkylation sites (tertiary alicyclic amines) is 1. The normalized spacial score (nSPS) is 26.2. The summed E-state index contributed by atoms with van der Waals surface area (Å²) in [5.41, 5.74) is 5.82. The molecule has 0 aromatic carbocycles. The molecule has 0 aromatic heterocycles. The summed E-state index contributed by atoms with van der Waals surface area (Å²) in [4.78, 5) is 4.79. The van der Waals surface area contributed by atoms with Crippen LogP contribution in [0.2, 0.25) is 0 Å². The Hall–Kier alpha value is -0.160. The van der Waals surface area contributed by atoms with Gasteiger partial charge in [-0.1, -0.05) is 0 Å². The SMILES string of the molecule is COCC(C)(CN)N(C)CC1CCCN1C. The standard InChI is InChI=1S/C12H27N3O/c1-12(9-13,10-16-4)15(3)8-11-6-5-7-14(11)2/h11H,5-10,13H2,1-4H3. The van der Waals surface area contributed by atoms with Crippen molar-refractivity contribution in [1.82, 2.24) is 9.80 Å². The number of methoxy groups -OCH3 is 1. The van der Waals surface area contributed by atoms with E-state index in [1.54, 1.807) is 7.11 Å². The Morgan fingerprint density at radius 1 is 1.56 bits per heavy atom. The lowest BCUT2D eigenvalue weighted by molar-refractivity contribution is 0.0319. The first-order valence-electron chi connectivity index (χ1n) is 6.14. The number of hydrogen-bond acceptors (Lipinski definition) is 4. The Balaban J connectivity index is 2.51. The van der Waals surface area contributed by atoms with Crippen molar-refractivity contribution in [2.24, 2.45) is 5.73 Å². The average molecular weight is 229 g/mol. The predicted molar refractivity (Wildman–Crippen MR) is 67.6 cm³/mol. The van der Waals surface area contributed by atoms with Gasteiger partial charge in [0.05, 0.1) is 12.1 Å². The third kappa shape index (κ3) is 3.17. The van der Waals surface area contributed by atoms with Crippen molar-refractivity contribution in [1.29, 1.82) is 0 Å². The maximum Gasteiger partial charge on any atom is 0.0656 e. The monoisotopic (exact) mass is 229 g/mol. The molecule has 1 aliphatic rings. The molecular weight excluding hydrogens is 202 g/mol. The van der Waals surface area contributed by atoms with E-state index in [0.29, 0.717) is 19.2 Å². The summed E-state index contributed by atoms with van der Waals surface area (Å²) in [6, 6.07) is 0.674. The van der Waals surface area contributed by atoms with Crippen molar-refractivity contribution in [3.63, 3.8) is 0 Å². The fourth-order valence-electron chi connectivity index (χ4n) is 2.38. The van der Waals surface area contributed by atoms with Crippen LogP contribution >= 0.6 is 0 Å². The van der Waals surface area contributed by atoms with Crippen LogP contribution in [-0.2, 0) is 4.74 Å². The maximum absolute atomic E-state index is 5.87. The van der Waals surface area contributed by atoms with Crippen LogP contribution in [0.15, 0.2) is 0 Å². The summed E-state index contributed by atoms with van der Waals surface area (Å²) in [5, 5.41) is 0. The summed E-state index contributed by atoms with van der Waals surface area (Å²) in [6.07, 6.45) is 2.62. The Kier molecular flexibility index (Phi) is 5.18. The zero-order chi connectivity index (χ0) is 12.2. The molecule has 0 radical (unpaired) electrons. The van der Waals surface area contributed by atoms with E-state index in [-0.39, 0.29) is 5.54 Å². The van der Waals surface area contributed by atoms with E-state index in [2.05, 4.69) is 30.8 Å². The largest absolute Gasteiger partial charge is 0.383 e. The maximum atomic E-state index is 5.87. The highest BCUT2D eigenvalue weighted by Crippen LogP contribution is 2.19. The van der Waals surface area contributed by atoms with E-state index in [4.69, 9.17) is 10.5 Å². The molecule has 2 N–H and O–H groups in total. The first-order valence-corrected chi connectivity index (χ1v) is 6.14. The van der Waals surface area contributed by atoms with Gasteiger partial charge in [0.15, 0.2) is 0 Å². The van der Waals surface area contributed by atoms with Crippen LogP contribution in [0.4, 0.5) is 0 Å². The second-order valence-corrected chi connectivity index (χ2v) is 5.29. The minimum absolute atomic E-state index is 0.0435. The molecule has 16 heavy (non-hydrogen) atoms. The Morgan fingerprint density at radius 2 is 2.25 bits per heavy atom. The molecule has 0 aliphatic carbocycles. The molecule has 0 bridgehead atoms. The van der Waals surface area contributed by atoms with E-state index in [1.807, 2.05) is 0 Å². The highest BCUT2D eigenvalue weighted by Gasteiger charge is 2.31. The van der Waals surface area contributed by atoms with Crippen LogP contribution in [-0.4, -0.2) is 68.8 Å². The van der Waals surface area contributed by atoms with Crippen molar-refractivity contribution in [2.75, 3.05) is 47.4 Å². The molecule has 4 nitrogen and oxygen atoms in total. The highest BCUT2D eigenvalue weighted by molar-refractivity contribution is 4.89. The van der Waals surface area contributed by atoms with Crippen LogP contribution in [0.5, 0.6) is 0 Å². The Bertz CT molecular complexity index is 212. The van der Waals surface area contributed by atoms with Gasteiger partial charge in [-0.15, -0.1) is 0 Å². The Morgan fingerprint density at radius 3 is 2.69 bits per heavy atom. The van der Waals surface area contributed by atoms with Crippen molar-refractivity contribution in [3.05, 3.63) is 0 Å². The highest BCUT2D eigenvalue weighted by atomic mass is 16.5. The summed E-state index contributed by atoms with van der Waals surface area (Å²) in [5.74, 6) is 0. The molecule has 0 amide bonds. The third-order valence-electron chi connectivity index (χ3n) is 3.97. The second kappa shape index (κ2) is 5.96. The van der Waals surface area contributed by atoms with E-state index < -0.39 is 0 Å². The molecular formula is C12H27N3O. The zero-order valence-corrected chi connectivity index (χ0v) is 11.2. The van der Waals surface area contributed by atoms with Crippen LogP contribution in [0, 0.1) is 0 Å². The average Bonchev–Trinajstić information content (AvgIpc) is 2.64. The van der Waals surface area contributed by atoms with Gasteiger partial charge in [-0.05, 0) is 40.4 Å². The molecule has 1 saturated heterocycles. The van der Waals surface area contributed by atoms with Crippen LogP contribution in [0.1, 0.15) is 19.8 Å². The van der Waals surface area contributed by atoms with Gasteiger partial charge in [0.2, 0.25) is 0 Å². The number of ether oxygens (including phenoxy) is 1. The predicted octanol–water partition coefficient (Wildman–Crippen LogP) is 0.376. The van der Waals surface area contributed by atoms with Gasteiger partial charge in [0.1, 0.15) is 0 Å². The minimum atomic E-state index is -0.0435. The summed E-state index contributed by atoms with van der Waals surface area (Å²) in [7, 11) is 6.10. The van der Waals surface area contributed by atoms with E-state index in [0.717, 1.165) is 6.54 Å². The van der Waals surface area contributed by atoms with Gasteiger partial charge in [0, 0.05) is 26.2 Å². The van der Waals surface area contributed by atoms with Gasteiger partial charge in [0.25, 0.3) is 0 Å². The van der Waals surface area contributed by atoms with Crippen molar-refractivity contribution in [3.8, 4) is 0 Å². The number of rotatable bonds is 6. The molecule has 1 heterocycles. The van der Waals surface area contributed by atoms with E-state index in [9.17, 15) is 0 Å². The first-order chi connectivity index (χ1) is 7.53. The molecule has 1 rings (SSSR count). The summed E-state index contributed by atoms with van der Waals surface area (Å²) >= 11 is 0. The van der Waals surface area contributed by atoms with Crippen molar-refractivity contribution in [2.45, 2.75) is 31.3 Å². The molecule has 4 heteroatoms. The molecule has 96 valence electrons. The fourth-order valence-corrected chi connectivity index (χ4v) is 2.38. The number of hydrogen-bond donors (Lipinski definition) is 1. The molecule has 1 aliphatic heterocycles. The zero-order valence-electron chi connectivity index (χ0n) is 11.2. The van der Waals surface area contributed by atoms with Crippen LogP contribution < -0.4 is 5.73 Å². The van der Waals surface area contributed by atoms with Crippen molar-refractivity contribution >= 4 is 0 Å². The fraction of sp³-hybridized carbons (Fsp3) is 1.00. The smallest absolute Gasteiger partial charge is 0.0656 e. The molecule has 0 aromatic rings. The second-order valence-electron chi connectivity index (χ2n) is 5.29. The number of likely N-dealkylation sites (N-methyl/N-ethyl adjacent to an activating group) is 2. The van der Waals surface area contributed by atoms with Gasteiger partial charge < -0.3 is 15.4 Å². The summed E-state index contributed by atoms with van der Waals surface area (Å²) in [6.45, 7) is 5.80. The lowest BCUT2D eigenvalue weighted by Gasteiger charge is -2.39. The molecule has 0 saturated carbocycles. The van der Waals surface area contributed by atoms with E-state index in [1.165, 1.54) is 19.4 Å². The van der Waals surface area contributed by atoms with Crippen LogP contribution in [0.25, 0.3) is 0 Å². The number of nitrogens with two attached hydrogens (primary N) is 1. The molecule has 2 atom stereocenters. The quantitative estimate of drug-likeness (QED) is 0.715. The lowest BCUT2D eigenvalue weighted by atomic mass is 10.0. The summed E-state index contributed by atoms with van der Waals surface area (Å²) < 4.78 is 5.28. The van der Waals surface area contributed by atoms with Gasteiger partial charge in [-0.3, -0.25) is 4.90 Å². The molecule has 1 fully saturated rings. The molecule has 0 spiro atoms. The Labute approximate surface area is 99.7 Å². The van der Waals surface area contributed by atoms with Crippen molar-refractivity contribution < 1.29 is 4.74 Å². The van der Waals surface area contributed by atoms with E-state index >= 15 is 0 Å². The van der Waals surface area contributed by atoms with Gasteiger partial charge >= 0.3 is 0 Å². The first kappa shape index (κ1) is 13.9. The minimum Gasteiger partial charge on any atom is -0.383 e. The van der Waals surface area contributed by atoms with Gasteiger partial charge in [-0.25, -0.2) is 0 Å². The topological polar surface area (TPSA) is 41.7 Å². The third-order valence-corrected chi connectivity index (χ3v) is 3.97. The number of nitrogens with zero attached hydrogens (tertiary/aromatic N) is 2. The van der Waals surface area contributed by atoms with Gasteiger partial charge in [-0.2, -0.15) is 0 Å². The molecule has 2 unspecified atom stereocenters. The lowest BCUT2D eigenvalue weighted by Crippen LogP contribution is -2.55.